The van der Waals surface area contributed by atoms with Crippen LogP contribution in [0.1, 0.15) is 40.0 Å². The van der Waals surface area contributed by atoms with Crippen LogP contribution in [-0.4, -0.2) is 20.9 Å². The lowest BCUT2D eigenvalue weighted by Crippen LogP contribution is -2.32. The van der Waals surface area contributed by atoms with Crippen molar-refractivity contribution in [2.24, 2.45) is 0 Å². The molecule has 1 aromatic carbocycles. The fraction of sp³-hybridized carbons (Fsp3) is 0.312. The number of fused-ring (bicyclic) bond motifs is 1. The van der Waals surface area contributed by atoms with Crippen molar-refractivity contribution in [3.63, 3.8) is 0 Å². The highest BCUT2D eigenvalue weighted by Gasteiger charge is 2.25. The van der Waals surface area contributed by atoms with Crippen molar-refractivity contribution >= 4 is 5.97 Å². The fourth-order valence-corrected chi connectivity index (χ4v) is 2.86. The van der Waals surface area contributed by atoms with Crippen LogP contribution in [0.25, 0.3) is 5.69 Å². The molecule has 5 nitrogen and oxygen atoms in total. The Morgan fingerprint density at radius 3 is 2.67 bits per heavy atom. The number of carbonyl (C=O) groups is 1. The van der Waals surface area contributed by atoms with Gasteiger partial charge in [0.2, 0.25) is 0 Å². The second-order valence-electron chi connectivity index (χ2n) is 5.32. The van der Waals surface area contributed by atoms with Crippen LogP contribution in [0, 0.1) is 6.92 Å². The second kappa shape index (κ2) is 5.16. The van der Waals surface area contributed by atoms with Gasteiger partial charge >= 0.3 is 5.97 Å². The van der Waals surface area contributed by atoms with Gasteiger partial charge in [-0.2, -0.15) is 9.78 Å². The molecular weight excluding hydrogens is 268 g/mol. The summed E-state index contributed by atoms with van der Waals surface area (Å²) >= 11 is 0. The Labute approximate surface area is 121 Å². The summed E-state index contributed by atoms with van der Waals surface area (Å²) in [5.41, 5.74) is 2.21. The summed E-state index contributed by atoms with van der Waals surface area (Å²) < 4.78 is 1.24. The molecule has 0 bridgehead atoms. The smallest absolute Gasteiger partial charge is 0.341 e. The van der Waals surface area contributed by atoms with Gasteiger partial charge in [-0.05, 0) is 49.8 Å². The lowest BCUT2D eigenvalue weighted by atomic mass is 9.93. The number of para-hydroxylation sites is 1. The van der Waals surface area contributed by atoms with E-state index in [2.05, 4.69) is 5.10 Å². The summed E-state index contributed by atoms with van der Waals surface area (Å²) in [4.78, 5) is 24.1. The molecule has 0 unspecified atom stereocenters. The number of hydrogen-bond acceptors (Lipinski definition) is 3. The lowest BCUT2D eigenvalue weighted by Gasteiger charge is -2.19. The van der Waals surface area contributed by atoms with Gasteiger partial charge in [-0.1, -0.05) is 18.2 Å². The van der Waals surface area contributed by atoms with Crippen LogP contribution in [0.15, 0.2) is 29.1 Å². The Bertz CT molecular complexity index is 778. The van der Waals surface area contributed by atoms with Crippen LogP contribution in [0.2, 0.25) is 0 Å². The highest BCUT2D eigenvalue weighted by molar-refractivity contribution is 5.89. The summed E-state index contributed by atoms with van der Waals surface area (Å²) in [5.74, 6) is -1.16. The monoisotopic (exact) mass is 284 g/mol. The van der Waals surface area contributed by atoms with E-state index in [1.807, 2.05) is 25.1 Å². The van der Waals surface area contributed by atoms with Crippen LogP contribution in [-0.2, 0) is 12.8 Å². The van der Waals surface area contributed by atoms with Gasteiger partial charge in [-0.15, -0.1) is 0 Å². The quantitative estimate of drug-likeness (QED) is 0.916. The van der Waals surface area contributed by atoms with Crippen LogP contribution in [0.4, 0.5) is 0 Å². The molecule has 1 aliphatic carbocycles. The van der Waals surface area contributed by atoms with E-state index in [-0.39, 0.29) is 5.56 Å². The Kier molecular flexibility index (Phi) is 3.33. The molecule has 1 N–H and O–H groups in total. The number of carboxylic acids is 1. The second-order valence-corrected chi connectivity index (χ2v) is 5.32. The molecule has 3 rings (SSSR count). The van der Waals surface area contributed by atoms with Crippen molar-refractivity contribution in [3.8, 4) is 5.69 Å². The minimum absolute atomic E-state index is 0.122. The third kappa shape index (κ3) is 2.24. The largest absolute Gasteiger partial charge is 0.477 e. The van der Waals surface area contributed by atoms with E-state index in [0.717, 1.165) is 30.5 Å². The molecule has 2 aromatic rings. The summed E-state index contributed by atoms with van der Waals surface area (Å²) in [6, 6.07) is 7.35. The van der Waals surface area contributed by atoms with Crippen LogP contribution < -0.4 is 5.56 Å². The first-order chi connectivity index (χ1) is 10.1. The maximum absolute atomic E-state index is 12.6. The molecule has 0 saturated heterocycles. The summed E-state index contributed by atoms with van der Waals surface area (Å²) in [6.45, 7) is 1.88. The molecule has 108 valence electrons. The van der Waals surface area contributed by atoms with Gasteiger partial charge in [0.05, 0.1) is 11.4 Å². The molecule has 0 radical (unpaired) electrons. The SMILES string of the molecule is Cc1ccccc1-n1nc2c(c(C(=O)O)c1=O)CCCC2. The van der Waals surface area contributed by atoms with E-state index in [4.69, 9.17) is 0 Å². The van der Waals surface area contributed by atoms with E-state index in [0.29, 0.717) is 17.7 Å². The average molecular weight is 284 g/mol. The molecule has 21 heavy (non-hydrogen) atoms. The first kappa shape index (κ1) is 13.5. The molecule has 0 fully saturated rings. The van der Waals surface area contributed by atoms with Gasteiger partial charge in [0.25, 0.3) is 5.56 Å². The van der Waals surface area contributed by atoms with E-state index >= 15 is 0 Å². The normalized spacial score (nSPS) is 13.8. The number of hydrogen-bond donors (Lipinski definition) is 1. The number of rotatable bonds is 2. The number of aryl methyl sites for hydroxylation is 2. The molecular formula is C16H16N2O3. The molecule has 0 aliphatic heterocycles. The topological polar surface area (TPSA) is 72.2 Å². The average Bonchev–Trinajstić information content (AvgIpc) is 2.47. The number of nitrogens with zero attached hydrogens (tertiary/aromatic N) is 2. The minimum Gasteiger partial charge on any atom is -0.477 e. The van der Waals surface area contributed by atoms with Gasteiger partial charge in [0.15, 0.2) is 0 Å². The van der Waals surface area contributed by atoms with Gasteiger partial charge < -0.3 is 5.11 Å². The highest BCUT2D eigenvalue weighted by atomic mass is 16.4. The third-order valence-corrected chi connectivity index (χ3v) is 3.92. The molecule has 5 heteroatoms. The summed E-state index contributed by atoms with van der Waals surface area (Å²) in [5, 5.41) is 13.8. The van der Waals surface area contributed by atoms with Crippen molar-refractivity contribution in [3.05, 3.63) is 57.0 Å². The van der Waals surface area contributed by atoms with E-state index in [9.17, 15) is 14.7 Å². The third-order valence-electron chi connectivity index (χ3n) is 3.92. The number of carboxylic acid groups (broad SMARTS) is 1. The fourth-order valence-electron chi connectivity index (χ4n) is 2.86. The molecule has 0 spiro atoms. The molecule has 0 amide bonds. The number of benzene rings is 1. The molecule has 1 heterocycles. The zero-order valence-corrected chi connectivity index (χ0v) is 11.8. The van der Waals surface area contributed by atoms with Gasteiger partial charge in [0, 0.05) is 0 Å². The van der Waals surface area contributed by atoms with E-state index < -0.39 is 11.5 Å². The Morgan fingerprint density at radius 1 is 1.24 bits per heavy atom. The lowest BCUT2D eigenvalue weighted by molar-refractivity contribution is 0.0692. The van der Waals surface area contributed by atoms with Crippen LogP contribution >= 0.6 is 0 Å². The molecule has 0 atom stereocenters. The van der Waals surface area contributed by atoms with Gasteiger partial charge in [0.1, 0.15) is 5.56 Å². The van der Waals surface area contributed by atoms with Crippen molar-refractivity contribution in [2.45, 2.75) is 32.6 Å². The maximum atomic E-state index is 12.6. The predicted molar refractivity (Wildman–Crippen MR) is 78.2 cm³/mol. The zero-order valence-electron chi connectivity index (χ0n) is 11.8. The van der Waals surface area contributed by atoms with Crippen LogP contribution in [0.3, 0.4) is 0 Å². The first-order valence-corrected chi connectivity index (χ1v) is 7.04. The van der Waals surface area contributed by atoms with E-state index in [1.165, 1.54) is 4.68 Å². The highest BCUT2D eigenvalue weighted by Crippen LogP contribution is 2.22. The van der Waals surface area contributed by atoms with Gasteiger partial charge in [-0.25, -0.2) is 4.79 Å². The maximum Gasteiger partial charge on any atom is 0.341 e. The number of aromatic nitrogens is 2. The standard InChI is InChI=1S/C16H16N2O3/c1-10-6-2-5-9-13(10)18-15(19)14(16(20)21)11-7-3-4-8-12(11)17-18/h2,5-6,9H,3-4,7-8H2,1H3,(H,20,21). The Balaban J connectivity index is 2.33. The molecule has 1 aromatic heterocycles. The minimum atomic E-state index is -1.16. The Hall–Kier alpha value is -2.43. The van der Waals surface area contributed by atoms with Crippen molar-refractivity contribution < 1.29 is 9.90 Å². The van der Waals surface area contributed by atoms with Crippen molar-refractivity contribution in [1.29, 1.82) is 0 Å². The molecule has 0 saturated carbocycles. The zero-order chi connectivity index (χ0) is 15.0. The van der Waals surface area contributed by atoms with Crippen molar-refractivity contribution in [2.75, 3.05) is 0 Å². The summed E-state index contributed by atoms with van der Waals surface area (Å²) in [6.07, 6.45) is 3.23. The Morgan fingerprint density at radius 2 is 1.95 bits per heavy atom. The van der Waals surface area contributed by atoms with Crippen molar-refractivity contribution in [1.82, 2.24) is 9.78 Å². The van der Waals surface area contributed by atoms with Crippen LogP contribution in [0.5, 0.6) is 0 Å². The molecule has 1 aliphatic rings. The first-order valence-electron chi connectivity index (χ1n) is 7.04. The van der Waals surface area contributed by atoms with Gasteiger partial charge in [-0.3, -0.25) is 4.79 Å². The predicted octanol–water partition coefficient (Wildman–Crippen LogP) is 2.12. The van der Waals surface area contributed by atoms with E-state index in [1.54, 1.807) is 6.07 Å². The summed E-state index contributed by atoms with van der Waals surface area (Å²) in [7, 11) is 0. The number of aromatic carboxylic acids is 1.